The molecule has 0 aromatic heterocycles. The fourth-order valence-electron chi connectivity index (χ4n) is 2.30. The van der Waals surface area contributed by atoms with Crippen molar-refractivity contribution in [1.29, 1.82) is 0 Å². The molecule has 0 aliphatic carbocycles. The molecular formula is C14H18Br2N2O. The van der Waals surface area contributed by atoms with E-state index >= 15 is 0 Å². The Morgan fingerprint density at radius 1 is 1.21 bits per heavy atom. The Hall–Kier alpha value is -0.390. The van der Waals surface area contributed by atoms with E-state index < -0.39 is 0 Å². The number of nitrogens with zero attached hydrogens (tertiary/aromatic N) is 2. The lowest BCUT2D eigenvalue weighted by molar-refractivity contribution is 0.0782. The first kappa shape index (κ1) is 15.0. The molecule has 1 aliphatic rings. The maximum Gasteiger partial charge on any atom is 0.253 e. The van der Waals surface area contributed by atoms with E-state index in [1.807, 2.05) is 25.2 Å². The molecule has 0 saturated carbocycles. The molecule has 104 valence electrons. The maximum atomic E-state index is 12.3. The van der Waals surface area contributed by atoms with Gasteiger partial charge in [0.2, 0.25) is 0 Å². The third-order valence-electron chi connectivity index (χ3n) is 3.41. The van der Waals surface area contributed by atoms with Crippen LogP contribution in [0.15, 0.2) is 27.1 Å². The zero-order chi connectivity index (χ0) is 13.8. The smallest absolute Gasteiger partial charge is 0.253 e. The Labute approximate surface area is 131 Å². The second kappa shape index (κ2) is 6.86. The monoisotopic (exact) mass is 388 g/mol. The number of hydrogen-bond donors (Lipinski definition) is 0. The molecule has 0 N–H and O–H groups in total. The minimum Gasteiger partial charge on any atom is -0.340 e. The van der Waals surface area contributed by atoms with Crippen LogP contribution in [0.5, 0.6) is 0 Å². The largest absolute Gasteiger partial charge is 0.340 e. The highest BCUT2D eigenvalue weighted by atomic mass is 79.9. The molecule has 1 aromatic rings. The average Bonchev–Trinajstić information content (AvgIpc) is 2.87. The first-order valence-electron chi connectivity index (χ1n) is 6.50. The fourth-order valence-corrected chi connectivity index (χ4v) is 3.59. The Bertz CT molecular complexity index is 439. The summed E-state index contributed by atoms with van der Waals surface area (Å²) >= 11 is 6.83. The van der Waals surface area contributed by atoms with Crippen LogP contribution in [0.4, 0.5) is 0 Å². The van der Waals surface area contributed by atoms with Gasteiger partial charge in [0, 0.05) is 34.6 Å². The lowest BCUT2D eigenvalue weighted by atomic mass is 10.2. The Balaban J connectivity index is 1.93. The van der Waals surface area contributed by atoms with Crippen molar-refractivity contribution < 1.29 is 4.79 Å². The highest BCUT2D eigenvalue weighted by Gasteiger charge is 2.16. The minimum atomic E-state index is 0.0706. The number of carbonyl (C=O) groups is 1. The zero-order valence-corrected chi connectivity index (χ0v) is 14.2. The van der Waals surface area contributed by atoms with Gasteiger partial charge in [-0.25, -0.2) is 0 Å². The fraction of sp³-hybridized carbons (Fsp3) is 0.500. The summed E-state index contributed by atoms with van der Waals surface area (Å²) in [7, 11) is 1.87. The summed E-state index contributed by atoms with van der Waals surface area (Å²) in [6, 6.07) is 5.65. The van der Waals surface area contributed by atoms with Crippen molar-refractivity contribution in [1.82, 2.24) is 9.80 Å². The molecule has 3 nitrogen and oxygen atoms in total. The van der Waals surface area contributed by atoms with Crippen LogP contribution >= 0.6 is 31.9 Å². The summed E-state index contributed by atoms with van der Waals surface area (Å²) in [5.41, 5.74) is 0.713. The number of carbonyl (C=O) groups excluding carboxylic acids is 1. The highest BCUT2D eigenvalue weighted by Crippen LogP contribution is 2.21. The first-order chi connectivity index (χ1) is 9.06. The molecule has 0 bridgehead atoms. The van der Waals surface area contributed by atoms with Crippen molar-refractivity contribution >= 4 is 37.8 Å². The van der Waals surface area contributed by atoms with Crippen LogP contribution in [-0.4, -0.2) is 48.9 Å². The zero-order valence-electron chi connectivity index (χ0n) is 11.0. The second-order valence-corrected chi connectivity index (χ2v) is 6.76. The summed E-state index contributed by atoms with van der Waals surface area (Å²) in [6.07, 6.45) is 2.58. The van der Waals surface area contributed by atoms with Crippen molar-refractivity contribution in [2.45, 2.75) is 12.8 Å². The molecule has 1 saturated heterocycles. The van der Waals surface area contributed by atoms with Gasteiger partial charge in [-0.05, 0) is 44.1 Å². The third-order valence-corrected chi connectivity index (χ3v) is 4.32. The molecular weight excluding hydrogens is 372 g/mol. The Morgan fingerprint density at radius 3 is 2.37 bits per heavy atom. The highest BCUT2D eigenvalue weighted by molar-refractivity contribution is 9.11. The van der Waals surface area contributed by atoms with E-state index in [0.29, 0.717) is 5.56 Å². The molecule has 19 heavy (non-hydrogen) atoms. The lowest BCUT2D eigenvalue weighted by Gasteiger charge is -2.21. The number of benzene rings is 1. The van der Waals surface area contributed by atoms with Gasteiger partial charge in [-0.3, -0.25) is 4.79 Å². The van der Waals surface area contributed by atoms with Crippen molar-refractivity contribution in [3.8, 4) is 0 Å². The van der Waals surface area contributed by atoms with Crippen molar-refractivity contribution in [3.05, 3.63) is 32.7 Å². The average molecular weight is 390 g/mol. The van der Waals surface area contributed by atoms with Gasteiger partial charge >= 0.3 is 0 Å². The van der Waals surface area contributed by atoms with Gasteiger partial charge in [0.1, 0.15) is 0 Å². The van der Waals surface area contributed by atoms with E-state index in [4.69, 9.17) is 0 Å². The first-order valence-corrected chi connectivity index (χ1v) is 8.09. The van der Waals surface area contributed by atoms with Gasteiger partial charge in [-0.2, -0.15) is 0 Å². The standard InChI is InChI=1S/C14H18Br2N2O/c1-17(6-7-18-4-2-3-5-18)14(19)11-8-12(15)10-13(16)9-11/h8-10H,2-7H2,1H3. The summed E-state index contributed by atoms with van der Waals surface area (Å²) in [4.78, 5) is 16.5. The number of amides is 1. The molecule has 0 radical (unpaired) electrons. The van der Waals surface area contributed by atoms with E-state index in [0.717, 1.165) is 22.0 Å². The topological polar surface area (TPSA) is 23.6 Å². The van der Waals surface area contributed by atoms with Crippen LogP contribution in [0.2, 0.25) is 0 Å². The van der Waals surface area contributed by atoms with Crippen LogP contribution in [0.1, 0.15) is 23.2 Å². The Kier molecular flexibility index (Phi) is 5.42. The van der Waals surface area contributed by atoms with Gasteiger partial charge in [-0.15, -0.1) is 0 Å². The summed E-state index contributed by atoms with van der Waals surface area (Å²) in [5, 5.41) is 0. The predicted molar refractivity (Wildman–Crippen MR) is 84.5 cm³/mol. The van der Waals surface area contributed by atoms with E-state index in [1.54, 1.807) is 4.90 Å². The van der Waals surface area contributed by atoms with Crippen LogP contribution in [0.25, 0.3) is 0 Å². The number of likely N-dealkylation sites (N-methyl/N-ethyl adjacent to an activating group) is 1. The quantitative estimate of drug-likeness (QED) is 0.787. The van der Waals surface area contributed by atoms with Crippen LogP contribution in [0, 0.1) is 0 Å². The number of likely N-dealkylation sites (tertiary alicyclic amines) is 1. The molecule has 1 fully saturated rings. The molecule has 0 unspecified atom stereocenters. The number of hydrogen-bond acceptors (Lipinski definition) is 2. The van der Waals surface area contributed by atoms with Crippen LogP contribution in [-0.2, 0) is 0 Å². The van der Waals surface area contributed by atoms with Crippen molar-refractivity contribution in [2.24, 2.45) is 0 Å². The molecule has 1 aromatic carbocycles. The summed E-state index contributed by atoms with van der Waals surface area (Å²) in [6.45, 7) is 4.09. The van der Waals surface area contributed by atoms with E-state index in [1.165, 1.54) is 25.9 Å². The molecule has 0 spiro atoms. The lowest BCUT2D eigenvalue weighted by Crippen LogP contribution is -2.35. The molecule has 2 rings (SSSR count). The minimum absolute atomic E-state index is 0.0706. The molecule has 0 atom stereocenters. The maximum absolute atomic E-state index is 12.3. The van der Waals surface area contributed by atoms with Gasteiger partial charge in [0.05, 0.1) is 0 Å². The molecule has 5 heteroatoms. The summed E-state index contributed by atoms with van der Waals surface area (Å²) < 4.78 is 1.83. The SMILES string of the molecule is CN(CCN1CCCC1)C(=O)c1cc(Br)cc(Br)c1. The van der Waals surface area contributed by atoms with Crippen molar-refractivity contribution in [3.63, 3.8) is 0 Å². The van der Waals surface area contributed by atoms with Gasteiger partial charge < -0.3 is 9.80 Å². The molecule has 1 aliphatic heterocycles. The predicted octanol–water partition coefficient (Wildman–Crippen LogP) is 3.38. The van der Waals surface area contributed by atoms with E-state index in [2.05, 4.69) is 36.8 Å². The van der Waals surface area contributed by atoms with Crippen molar-refractivity contribution in [2.75, 3.05) is 33.2 Å². The molecule has 1 heterocycles. The van der Waals surface area contributed by atoms with Gasteiger partial charge in [0.15, 0.2) is 0 Å². The number of halogens is 2. The third kappa shape index (κ3) is 4.29. The van der Waals surface area contributed by atoms with Gasteiger partial charge in [0.25, 0.3) is 5.91 Å². The summed E-state index contributed by atoms with van der Waals surface area (Å²) in [5.74, 6) is 0.0706. The van der Waals surface area contributed by atoms with E-state index in [9.17, 15) is 4.79 Å². The van der Waals surface area contributed by atoms with Crippen LogP contribution in [0.3, 0.4) is 0 Å². The second-order valence-electron chi connectivity index (χ2n) is 4.93. The van der Waals surface area contributed by atoms with Crippen LogP contribution < -0.4 is 0 Å². The van der Waals surface area contributed by atoms with E-state index in [-0.39, 0.29) is 5.91 Å². The van der Waals surface area contributed by atoms with Gasteiger partial charge in [-0.1, -0.05) is 31.9 Å². The molecule has 1 amide bonds. The Morgan fingerprint density at radius 2 is 1.79 bits per heavy atom. The number of rotatable bonds is 4. The normalized spacial score (nSPS) is 15.7.